The lowest BCUT2D eigenvalue weighted by atomic mass is 10.3. The molecule has 0 fully saturated rings. The van der Waals surface area contributed by atoms with Gasteiger partial charge in [0.25, 0.3) is 5.91 Å². The van der Waals surface area contributed by atoms with Crippen molar-refractivity contribution in [1.29, 1.82) is 0 Å². The Morgan fingerprint density at radius 3 is 2.79 bits per heavy atom. The molecule has 2 N–H and O–H groups in total. The summed E-state index contributed by atoms with van der Waals surface area (Å²) in [7, 11) is 4.02. The van der Waals surface area contributed by atoms with E-state index >= 15 is 0 Å². The highest BCUT2D eigenvalue weighted by atomic mass is 35.5. The molecule has 6 nitrogen and oxygen atoms in total. The topological polar surface area (TPSA) is 70.2 Å². The molecule has 0 saturated carbocycles. The van der Waals surface area contributed by atoms with Gasteiger partial charge in [-0.2, -0.15) is 0 Å². The van der Waals surface area contributed by atoms with E-state index in [2.05, 4.69) is 25.5 Å². The molecule has 0 aliphatic heterocycles. The summed E-state index contributed by atoms with van der Waals surface area (Å²) in [5, 5.41) is 5.71. The van der Waals surface area contributed by atoms with Crippen LogP contribution in [0.4, 0.5) is 15.9 Å². The quantitative estimate of drug-likeness (QED) is 0.751. The first-order valence-electron chi connectivity index (χ1n) is 7.43. The SMILES string of the molecule is CN(C)CCCNc1cc(C(=O)Nc2ccc(F)c(Cl)c2)ncn1. The van der Waals surface area contributed by atoms with E-state index in [1.54, 1.807) is 6.07 Å². The Bertz CT molecular complexity index is 711. The minimum Gasteiger partial charge on any atom is -0.370 e. The number of anilines is 2. The van der Waals surface area contributed by atoms with Crippen molar-refractivity contribution < 1.29 is 9.18 Å². The van der Waals surface area contributed by atoms with Gasteiger partial charge in [-0.1, -0.05) is 11.6 Å². The lowest BCUT2D eigenvalue weighted by Crippen LogP contribution is -2.17. The van der Waals surface area contributed by atoms with Crippen LogP contribution >= 0.6 is 11.6 Å². The smallest absolute Gasteiger partial charge is 0.274 e. The number of benzene rings is 1. The first kappa shape index (κ1) is 18.1. The molecular weight excluding hydrogens is 333 g/mol. The van der Waals surface area contributed by atoms with Crippen LogP contribution in [0.1, 0.15) is 16.9 Å². The van der Waals surface area contributed by atoms with E-state index in [1.807, 2.05) is 14.1 Å². The Morgan fingerprint density at radius 2 is 2.08 bits per heavy atom. The van der Waals surface area contributed by atoms with Crippen LogP contribution in [0.5, 0.6) is 0 Å². The van der Waals surface area contributed by atoms with Gasteiger partial charge in [0.1, 0.15) is 23.7 Å². The molecular formula is C16H19ClFN5O. The molecule has 0 spiro atoms. The zero-order valence-corrected chi connectivity index (χ0v) is 14.3. The summed E-state index contributed by atoms with van der Waals surface area (Å²) >= 11 is 5.70. The third-order valence-electron chi connectivity index (χ3n) is 3.17. The molecule has 0 atom stereocenters. The standard InChI is InChI=1S/C16H19ClFN5O/c1-23(2)7-3-6-19-15-9-14(20-10-21-15)16(24)22-11-4-5-13(18)12(17)8-11/h4-5,8-10H,3,6-7H2,1-2H3,(H,22,24)(H,19,20,21). The average molecular weight is 352 g/mol. The van der Waals surface area contributed by atoms with E-state index in [0.29, 0.717) is 11.5 Å². The van der Waals surface area contributed by atoms with E-state index in [0.717, 1.165) is 19.5 Å². The molecule has 0 aliphatic rings. The number of carbonyl (C=O) groups excluding carboxylic acids is 1. The van der Waals surface area contributed by atoms with E-state index in [-0.39, 0.29) is 10.7 Å². The fourth-order valence-corrected chi connectivity index (χ4v) is 2.14. The first-order valence-corrected chi connectivity index (χ1v) is 7.80. The number of hydrogen-bond acceptors (Lipinski definition) is 5. The molecule has 2 aromatic rings. The van der Waals surface area contributed by atoms with Crippen LogP contribution in [0.15, 0.2) is 30.6 Å². The summed E-state index contributed by atoms with van der Waals surface area (Å²) in [6.45, 7) is 1.70. The predicted molar refractivity (Wildman–Crippen MR) is 93.1 cm³/mol. The van der Waals surface area contributed by atoms with E-state index in [1.165, 1.54) is 24.5 Å². The number of hydrogen-bond donors (Lipinski definition) is 2. The third-order valence-corrected chi connectivity index (χ3v) is 3.46. The second kappa shape index (κ2) is 8.56. The minimum atomic E-state index is -0.541. The lowest BCUT2D eigenvalue weighted by Gasteiger charge is -2.10. The molecule has 1 amide bonds. The van der Waals surface area contributed by atoms with Gasteiger partial charge in [-0.3, -0.25) is 4.79 Å². The number of nitrogens with zero attached hydrogens (tertiary/aromatic N) is 3. The van der Waals surface area contributed by atoms with Crippen molar-refractivity contribution in [3.8, 4) is 0 Å². The second-order valence-electron chi connectivity index (χ2n) is 5.46. The van der Waals surface area contributed by atoms with Crippen LogP contribution in [0.2, 0.25) is 5.02 Å². The van der Waals surface area contributed by atoms with Crippen LogP contribution in [-0.2, 0) is 0 Å². The van der Waals surface area contributed by atoms with E-state index in [4.69, 9.17) is 11.6 Å². The van der Waals surface area contributed by atoms with Crippen molar-refractivity contribution in [2.45, 2.75) is 6.42 Å². The molecule has 1 aromatic carbocycles. The Balaban J connectivity index is 1.96. The van der Waals surface area contributed by atoms with Gasteiger partial charge >= 0.3 is 0 Å². The summed E-state index contributed by atoms with van der Waals surface area (Å²) in [5.41, 5.74) is 0.603. The number of amides is 1. The summed E-state index contributed by atoms with van der Waals surface area (Å²) in [6.07, 6.45) is 2.27. The van der Waals surface area contributed by atoms with Crippen molar-refractivity contribution in [2.24, 2.45) is 0 Å². The number of halogens is 2. The zero-order valence-electron chi connectivity index (χ0n) is 13.5. The van der Waals surface area contributed by atoms with Crippen LogP contribution in [0.25, 0.3) is 0 Å². The molecule has 1 heterocycles. The van der Waals surface area contributed by atoms with Gasteiger partial charge in [-0.25, -0.2) is 14.4 Å². The van der Waals surface area contributed by atoms with Crippen molar-refractivity contribution in [3.05, 3.63) is 47.1 Å². The maximum Gasteiger partial charge on any atom is 0.274 e. The molecule has 0 saturated heterocycles. The predicted octanol–water partition coefficient (Wildman–Crippen LogP) is 2.89. The summed E-state index contributed by atoms with van der Waals surface area (Å²) in [6, 6.07) is 5.53. The lowest BCUT2D eigenvalue weighted by molar-refractivity contribution is 0.102. The molecule has 128 valence electrons. The number of nitrogens with one attached hydrogen (secondary N) is 2. The highest BCUT2D eigenvalue weighted by Crippen LogP contribution is 2.19. The third kappa shape index (κ3) is 5.43. The maximum atomic E-state index is 13.1. The Morgan fingerprint density at radius 1 is 1.29 bits per heavy atom. The van der Waals surface area contributed by atoms with Gasteiger partial charge in [0, 0.05) is 18.3 Å². The maximum absolute atomic E-state index is 13.1. The van der Waals surface area contributed by atoms with Crippen LogP contribution < -0.4 is 10.6 Å². The van der Waals surface area contributed by atoms with E-state index in [9.17, 15) is 9.18 Å². The Labute approximate surface area is 145 Å². The van der Waals surface area contributed by atoms with Crippen molar-refractivity contribution in [1.82, 2.24) is 14.9 Å². The van der Waals surface area contributed by atoms with Crippen molar-refractivity contribution in [3.63, 3.8) is 0 Å². The van der Waals surface area contributed by atoms with Crippen molar-refractivity contribution in [2.75, 3.05) is 37.8 Å². The monoisotopic (exact) mass is 351 g/mol. The fourth-order valence-electron chi connectivity index (χ4n) is 1.96. The average Bonchev–Trinajstić information content (AvgIpc) is 2.55. The minimum absolute atomic E-state index is 0.0567. The highest BCUT2D eigenvalue weighted by Gasteiger charge is 2.10. The fraction of sp³-hybridized carbons (Fsp3) is 0.312. The number of carbonyl (C=O) groups is 1. The summed E-state index contributed by atoms with van der Waals surface area (Å²) in [4.78, 5) is 22.3. The zero-order chi connectivity index (χ0) is 17.5. The number of aromatic nitrogens is 2. The van der Waals surface area contributed by atoms with Gasteiger partial charge in [0.2, 0.25) is 0 Å². The van der Waals surface area contributed by atoms with Gasteiger partial charge in [-0.15, -0.1) is 0 Å². The Kier molecular flexibility index (Phi) is 6.45. The van der Waals surface area contributed by atoms with Crippen LogP contribution in [-0.4, -0.2) is 48.0 Å². The van der Waals surface area contributed by atoms with Crippen LogP contribution in [0, 0.1) is 5.82 Å². The molecule has 0 aliphatic carbocycles. The van der Waals surface area contributed by atoms with Crippen LogP contribution in [0.3, 0.4) is 0 Å². The normalized spacial score (nSPS) is 10.7. The molecule has 24 heavy (non-hydrogen) atoms. The van der Waals surface area contributed by atoms with Crippen molar-refractivity contribution >= 4 is 29.0 Å². The van der Waals surface area contributed by atoms with E-state index < -0.39 is 11.7 Å². The molecule has 8 heteroatoms. The second-order valence-corrected chi connectivity index (χ2v) is 5.86. The highest BCUT2D eigenvalue weighted by molar-refractivity contribution is 6.31. The molecule has 2 rings (SSSR count). The van der Waals surface area contributed by atoms with Gasteiger partial charge in [-0.05, 0) is 45.3 Å². The number of rotatable bonds is 7. The van der Waals surface area contributed by atoms with Gasteiger partial charge in [0.15, 0.2) is 0 Å². The Hall–Kier alpha value is -2.25. The molecule has 0 bridgehead atoms. The summed E-state index contributed by atoms with van der Waals surface area (Å²) in [5.74, 6) is -0.386. The van der Waals surface area contributed by atoms with Gasteiger partial charge in [0.05, 0.1) is 5.02 Å². The summed E-state index contributed by atoms with van der Waals surface area (Å²) < 4.78 is 13.1. The largest absolute Gasteiger partial charge is 0.370 e. The molecule has 1 aromatic heterocycles. The molecule has 0 unspecified atom stereocenters. The van der Waals surface area contributed by atoms with Gasteiger partial charge < -0.3 is 15.5 Å². The first-order chi connectivity index (χ1) is 11.5. The molecule has 0 radical (unpaired) electrons.